The van der Waals surface area contributed by atoms with Crippen LogP contribution in [0.4, 0.5) is 14.9 Å². The van der Waals surface area contributed by atoms with Gasteiger partial charge in [-0.05, 0) is 18.6 Å². The van der Waals surface area contributed by atoms with Crippen LogP contribution in [-0.2, 0) is 6.42 Å². The first kappa shape index (κ1) is 12.4. The second-order valence-corrected chi connectivity index (χ2v) is 5.37. The summed E-state index contributed by atoms with van der Waals surface area (Å²) in [4.78, 5) is 15.7. The zero-order chi connectivity index (χ0) is 13.6. The van der Waals surface area contributed by atoms with Gasteiger partial charge in [-0.1, -0.05) is 13.0 Å². The third-order valence-corrected chi connectivity index (χ3v) is 4.04. The number of likely N-dealkylation sites (tertiary alicyclic amines) is 1. The lowest BCUT2D eigenvalue weighted by Gasteiger charge is -2.24. The highest BCUT2D eigenvalue weighted by atomic mass is 19.1. The molecule has 2 atom stereocenters. The number of β-amino-alcohol motifs (C(OH)–C–C–N with tert-alkyl or cyclic N) is 1. The number of benzene rings is 1. The summed E-state index contributed by atoms with van der Waals surface area (Å²) >= 11 is 0. The van der Waals surface area contributed by atoms with Gasteiger partial charge < -0.3 is 10.0 Å². The standard InChI is InChI=1S/C14H17FN2O2/c1-9-7-16(8-13(9)18)14(19)17-6-5-10-11(15)3-2-4-12(10)17/h2-4,9,13,18H,5-8H2,1H3. The zero-order valence-corrected chi connectivity index (χ0v) is 10.8. The molecular weight excluding hydrogens is 247 g/mol. The van der Waals surface area contributed by atoms with E-state index in [0.717, 1.165) is 0 Å². The van der Waals surface area contributed by atoms with E-state index in [9.17, 15) is 14.3 Å². The van der Waals surface area contributed by atoms with Crippen molar-refractivity contribution in [1.29, 1.82) is 0 Å². The summed E-state index contributed by atoms with van der Waals surface area (Å²) in [6.45, 7) is 3.36. The van der Waals surface area contributed by atoms with Crippen LogP contribution in [-0.4, -0.2) is 41.8 Å². The maximum atomic E-state index is 13.6. The number of anilines is 1. The van der Waals surface area contributed by atoms with Gasteiger partial charge in [0.25, 0.3) is 0 Å². The van der Waals surface area contributed by atoms with Gasteiger partial charge in [-0.15, -0.1) is 0 Å². The van der Waals surface area contributed by atoms with E-state index in [1.54, 1.807) is 21.9 Å². The Labute approximate surface area is 111 Å². The first-order chi connectivity index (χ1) is 9.08. The molecule has 1 N–H and O–H groups in total. The van der Waals surface area contributed by atoms with Crippen LogP contribution in [0, 0.1) is 11.7 Å². The van der Waals surface area contributed by atoms with Gasteiger partial charge >= 0.3 is 6.03 Å². The number of carbonyl (C=O) groups is 1. The number of halogens is 1. The van der Waals surface area contributed by atoms with Gasteiger partial charge in [-0.25, -0.2) is 9.18 Å². The monoisotopic (exact) mass is 264 g/mol. The van der Waals surface area contributed by atoms with Crippen LogP contribution in [0.25, 0.3) is 0 Å². The molecule has 1 aromatic rings. The molecule has 2 aliphatic heterocycles. The number of hydrogen-bond donors (Lipinski definition) is 1. The van der Waals surface area contributed by atoms with Crippen molar-refractivity contribution in [3.05, 3.63) is 29.6 Å². The molecule has 0 saturated carbocycles. The Bertz CT molecular complexity index is 510. The van der Waals surface area contributed by atoms with Gasteiger partial charge in [-0.2, -0.15) is 0 Å². The van der Waals surface area contributed by atoms with Gasteiger partial charge in [0.15, 0.2) is 0 Å². The Balaban J connectivity index is 1.82. The van der Waals surface area contributed by atoms with E-state index >= 15 is 0 Å². The minimum Gasteiger partial charge on any atom is -0.391 e. The Morgan fingerprint density at radius 2 is 2.21 bits per heavy atom. The van der Waals surface area contributed by atoms with Gasteiger partial charge in [0, 0.05) is 31.1 Å². The molecule has 0 aromatic heterocycles. The largest absolute Gasteiger partial charge is 0.391 e. The number of aliphatic hydroxyl groups excluding tert-OH is 1. The van der Waals surface area contributed by atoms with Crippen LogP contribution >= 0.6 is 0 Å². The van der Waals surface area contributed by atoms with Crippen LogP contribution in [0.5, 0.6) is 0 Å². The SMILES string of the molecule is CC1CN(C(=O)N2CCc3c(F)cccc32)CC1O. The van der Waals surface area contributed by atoms with Gasteiger partial charge in [0.2, 0.25) is 0 Å². The van der Waals surface area contributed by atoms with Crippen molar-refractivity contribution in [2.24, 2.45) is 5.92 Å². The van der Waals surface area contributed by atoms with Crippen LogP contribution in [0.3, 0.4) is 0 Å². The zero-order valence-electron chi connectivity index (χ0n) is 10.8. The lowest BCUT2D eigenvalue weighted by Crippen LogP contribution is -2.41. The molecule has 0 radical (unpaired) electrons. The molecule has 0 aliphatic carbocycles. The molecular formula is C14H17FN2O2. The number of fused-ring (bicyclic) bond motifs is 1. The summed E-state index contributed by atoms with van der Waals surface area (Å²) < 4.78 is 13.6. The molecule has 2 heterocycles. The minimum atomic E-state index is -0.460. The van der Waals surface area contributed by atoms with Gasteiger partial charge in [0.05, 0.1) is 11.8 Å². The number of amides is 2. The fourth-order valence-electron chi connectivity index (χ4n) is 2.87. The van der Waals surface area contributed by atoms with Crippen LogP contribution in [0.15, 0.2) is 18.2 Å². The second kappa shape index (κ2) is 4.49. The molecule has 19 heavy (non-hydrogen) atoms. The van der Waals surface area contributed by atoms with E-state index in [1.165, 1.54) is 6.07 Å². The fraction of sp³-hybridized carbons (Fsp3) is 0.500. The van der Waals surface area contributed by atoms with E-state index in [2.05, 4.69) is 0 Å². The summed E-state index contributed by atoms with van der Waals surface area (Å²) in [5.74, 6) is -0.152. The second-order valence-electron chi connectivity index (χ2n) is 5.37. The number of aliphatic hydroxyl groups is 1. The molecule has 1 saturated heterocycles. The number of nitrogens with zero attached hydrogens (tertiary/aromatic N) is 2. The Morgan fingerprint density at radius 1 is 1.42 bits per heavy atom. The average molecular weight is 264 g/mol. The Hall–Kier alpha value is -1.62. The van der Waals surface area contributed by atoms with Crippen molar-refractivity contribution in [3.8, 4) is 0 Å². The molecule has 1 aromatic carbocycles. The number of carbonyl (C=O) groups excluding carboxylic acids is 1. The number of hydrogen-bond acceptors (Lipinski definition) is 2. The molecule has 102 valence electrons. The summed E-state index contributed by atoms with van der Waals surface area (Å²) in [7, 11) is 0. The normalized spacial score (nSPS) is 25.8. The highest BCUT2D eigenvalue weighted by Gasteiger charge is 2.36. The third-order valence-electron chi connectivity index (χ3n) is 4.04. The molecule has 3 rings (SSSR count). The molecule has 2 amide bonds. The van der Waals surface area contributed by atoms with Crippen LogP contribution < -0.4 is 4.90 Å². The van der Waals surface area contributed by atoms with E-state index in [4.69, 9.17) is 0 Å². The van der Waals surface area contributed by atoms with E-state index in [0.29, 0.717) is 37.3 Å². The van der Waals surface area contributed by atoms with Crippen molar-refractivity contribution in [2.75, 3.05) is 24.5 Å². The fourth-order valence-corrected chi connectivity index (χ4v) is 2.87. The van der Waals surface area contributed by atoms with E-state index in [1.807, 2.05) is 6.92 Å². The average Bonchev–Trinajstić information content (AvgIpc) is 2.94. The van der Waals surface area contributed by atoms with Crippen molar-refractivity contribution in [1.82, 2.24) is 4.90 Å². The van der Waals surface area contributed by atoms with Crippen molar-refractivity contribution < 1.29 is 14.3 Å². The summed E-state index contributed by atoms with van der Waals surface area (Å²) in [6.07, 6.45) is 0.0956. The third kappa shape index (κ3) is 1.98. The Kier molecular flexibility index (Phi) is 2.93. The van der Waals surface area contributed by atoms with Crippen molar-refractivity contribution in [3.63, 3.8) is 0 Å². The van der Waals surface area contributed by atoms with E-state index < -0.39 is 6.10 Å². The summed E-state index contributed by atoms with van der Waals surface area (Å²) in [5.41, 5.74) is 1.28. The van der Waals surface area contributed by atoms with Gasteiger partial charge in [-0.3, -0.25) is 4.90 Å². The van der Waals surface area contributed by atoms with Crippen molar-refractivity contribution >= 4 is 11.7 Å². The molecule has 5 heteroatoms. The number of rotatable bonds is 0. The predicted molar refractivity (Wildman–Crippen MR) is 69.6 cm³/mol. The maximum absolute atomic E-state index is 13.6. The highest BCUT2D eigenvalue weighted by molar-refractivity contribution is 5.94. The van der Waals surface area contributed by atoms with Gasteiger partial charge in [0.1, 0.15) is 5.82 Å². The lowest BCUT2D eigenvalue weighted by molar-refractivity contribution is 0.149. The lowest BCUT2D eigenvalue weighted by atomic mass is 10.1. The summed E-state index contributed by atoms with van der Waals surface area (Å²) in [6, 6.07) is 4.70. The Morgan fingerprint density at radius 3 is 2.89 bits per heavy atom. The van der Waals surface area contributed by atoms with Crippen molar-refractivity contribution in [2.45, 2.75) is 19.4 Å². The van der Waals surface area contributed by atoms with Crippen LogP contribution in [0.2, 0.25) is 0 Å². The maximum Gasteiger partial charge on any atom is 0.324 e. The highest BCUT2D eigenvalue weighted by Crippen LogP contribution is 2.31. The smallest absolute Gasteiger partial charge is 0.324 e. The molecule has 1 fully saturated rings. The molecule has 2 aliphatic rings. The number of urea groups is 1. The van der Waals surface area contributed by atoms with E-state index in [-0.39, 0.29) is 17.8 Å². The van der Waals surface area contributed by atoms with Crippen LogP contribution in [0.1, 0.15) is 12.5 Å². The first-order valence-corrected chi connectivity index (χ1v) is 6.60. The first-order valence-electron chi connectivity index (χ1n) is 6.60. The molecule has 0 bridgehead atoms. The molecule has 2 unspecified atom stereocenters. The topological polar surface area (TPSA) is 43.8 Å². The molecule has 4 nitrogen and oxygen atoms in total. The molecule has 0 spiro atoms. The quantitative estimate of drug-likeness (QED) is 0.774. The minimum absolute atomic E-state index is 0.0959. The predicted octanol–water partition coefficient (Wildman–Crippen LogP) is 1.62. The summed E-state index contributed by atoms with van der Waals surface area (Å²) in [5, 5.41) is 9.73.